The third kappa shape index (κ3) is 6.28. The smallest absolute Gasteiger partial charge is 0.119 e. The summed E-state index contributed by atoms with van der Waals surface area (Å²) < 4.78 is 5.99. The van der Waals surface area contributed by atoms with E-state index in [1.54, 1.807) is 5.56 Å². The van der Waals surface area contributed by atoms with Crippen LogP contribution in [0.25, 0.3) is 0 Å². The highest BCUT2D eigenvalue weighted by molar-refractivity contribution is 5.37. The highest BCUT2D eigenvalue weighted by Gasteiger charge is 2.22. The van der Waals surface area contributed by atoms with Crippen LogP contribution in [-0.4, -0.2) is 44.2 Å². The van der Waals surface area contributed by atoms with Crippen molar-refractivity contribution in [3.63, 3.8) is 0 Å². The van der Waals surface area contributed by atoms with Gasteiger partial charge in [-0.25, -0.2) is 0 Å². The molecular weight excluding hydrogens is 320 g/mol. The Bertz CT molecular complexity index is 558. The third-order valence-corrected chi connectivity index (χ3v) is 5.65. The predicted molar refractivity (Wildman–Crippen MR) is 110 cm³/mol. The maximum Gasteiger partial charge on any atom is 0.119 e. The molecule has 3 heteroatoms. The minimum absolute atomic E-state index is 0.353. The first-order chi connectivity index (χ1) is 12.5. The van der Waals surface area contributed by atoms with Crippen LogP contribution < -0.4 is 10.1 Å². The van der Waals surface area contributed by atoms with Gasteiger partial charge in [-0.2, -0.15) is 0 Å². The van der Waals surface area contributed by atoms with Crippen LogP contribution in [0.5, 0.6) is 5.75 Å². The Balaban J connectivity index is 1.39. The average Bonchev–Trinajstić information content (AvgIpc) is 3.10. The number of rotatable bonds is 8. The standard InChI is InChI=1S/C23H38N2O/c1-23(2,3)18-24-11-6-14-26-22-10-9-20-15-19(7-8-21(20)16-22)17-25-12-4-5-13-25/h9-10,16,19,24H,4-8,11-15,17-18H2,1-3H3. The van der Waals surface area contributed by atoms with Crippen LogP contribution in [0.1, 0.15) is 57.6 Å². The van der Waals surface area contributed by atoms with Gasteiger partial charge < -0.3 is 15.0 Å². The molecule has 1 aliphatic heterocycles. The van der Waals surface area contributed by atoms with Crippen molar-refractivity contribution in [1.29, 1.82) is 0 Å². The zero-order valence-corrected chi connectivity index (χ0v) is 17.2. The quantitative estimate of drug-likeness (QED) is 0.702. The average molecular weight is 359 g/mol. The van der Waals surface area contributed by atoms with Gasteiger partial charge in [0.25, 0.3) is 0 Å². The first-order valence-electron chi connectivity index (χ1n) is 10.7. The normalized spacial score (nSPS) is 21.0. The lowest BCUT2D eigenvalue weighted by Gasteiger charge is -2.28. The second-order valence-corrected chi connectivity index (χ2v) is 9.49. The fourth-order valence-electron chi connectivity index (χ4n) is 4.23. The van der Waals surface area contributed by atoms with E-state index in [1.807, 2.05) is 0 Å². The zero-order valence-electron chi connectivity index (χ0n) is 17.2. The molecule has 26 heavy (non-hydrogen) atoms. The number of hydrogen-bond acceptors (Lipinski definition) is 3. The van der Waals surface area contributed by atoms with E-state index < -0.39 is 0 Å². The molecule has 1 atom stereocenters. The lowest BCUT2D eigenvalue weighted by molar-refractivity contribution is 0.261. The predicted octanol–water partition coefficient (Wildman–Crippen LogP) is 4.29. The number of aryl methyl sites for hydroxylation is 1. The first kappa shape index (κ1) is 19.7. The summed E-state index contributed by atoms with van der Waals surface area (Å²) in [6.07, 6.45) is 7.67. The number of nitrogens with zero attached hydrogens (tertiary/aromatic N) is 1. The molecule has 146 valence electrons. The molecule has 1 unspecified atom stereocenters. The van der Waals surface area contributed by atoms with E-state index in [4.69, 9.17) is 4.74 Å². The van der Waals surface area contributed by atoms with Gasteiger partial charge in [-0.05, 0) is 99.3 Å². The van der Waals surface area contributed by atoms with E-state index in [2.05, 4.69) is 49.2 Å². The molecule has 1 saturated heterocycles. The maximum absolute atomic E-state index is 5.99. The van der Waals surface area contributed by atoms with Crippen LogP contribution in [0.4, 0.5) is 0 Å². The van der Waals surface area contributed by atoms with E-state index in [-0.39, 0.29) is 0 Å². The molecular formula is C23H38N2O. The summed E-state index contributed by atoms with van der Waals surface area (Å²) in [5, 5.41) is 3.51. The van der Waals surface area contributed by atoms with Crippen LogP contribution >= 0.6 is 0 Å². The molecule has 1 aliphatic carbocycles. The van der Waals surface area contributed by atoms with Crippen LogP contribution in [0.3, 0.4) is 0 Å². The molecule has 3 nitrogen and oxygen atoms in total. The Morgan fingerprint density at radius 1 is 1.15 bits per heavy atom. The molecule has 3 rings (SSSR count). The van der Waals surface area contributed by atoms with Gasteiger partial charge in [0.05, 0.1) is 6.61 Å². The van der Waals surface area contributed by atoms with E-state index >= 15 is 0 Å². The van der Waals surface area contributed by atoms with Gasteiger partial charge in [-0.3, -0.25) is 0 Å². The number of ether oxygens (including phenoxy) is 1. The zero-order chi connectivity index (χ0) is 18.4. The molecule has 0 bridgehead atoms. The highest BCUT2D eigenvalue weighted by Crippen LogP contribution is 2.29. The topological polar surface area (TPSA) is 24.5 Å². The van der Waals surface area contributed by atoms with Crippen molar-refractivity contribution in [2.75, 3.05) is 39.3 Å². The van der Waals surface area contributed by atoms with Crippen LogP contribution in [0.2, 0.25) is 0 Å². The summed E-state index contributed by atoms with van der Waals surface area (Å²) >= 11 is 0. The summed E-state index contributed by atoms with van der Waals surface area (Å²) in [5.41, 5.74) is 3.43. The molecule has 1 aromatic rings. The summed E-state index contributed by atoms with van der Waals surface area (Å²) in [6, 6.07) is 6.79. The molecule has 2 aliphatic rings. The Hall–Kier alpha value is -1.06. The second-order valence-electron chi connectivity index (χ2n) is 9.49. The Morgan fingerprint density at radius 3 is 2.73 bits per heavy atom. The maximum atomic E-state index is 5.99. The van der Waals surface area contributed by atoms with Crippen molar-refractivity contribution < 1.29 is 4.74 Å². The number of benzene rings is 1. The van der Waals surface area contributed by atoms with Crippen molar-refractivity contribution in [3.05, 3.63) is 29.3 Å². The molecule has 1 N–H and O–H groups in total. The number of fused-ring (bicyclic) bond motifs is 1. The van der Waals surface area contributed by atoms with Gasteiger partial charge in [-0.1, -0.05) is 26.8 Å². The molecule has 0 aromatic heterocycles. The summed E-state index contributed by atoms with van der Waals surface area (Å²) in [6.45, 7) is 13.6. The number of likely N-dealkylation sites (tertiary alicyclic amines) is 1. The van der Waals surface area contributed by atoms with Crippen LogP contribution in [0.15, 0.2) is 18.2 Å². The fraction of sp³-hybridized carbons (Fsp3) is 0.739. The largest absolute Gasteiger partial charge is 0.494 e. The van der Waals surface area contributed by atoms with E-state index in [9.17, 15) is 0 Å². The monoisotopic (exact) mass is 358 g/mol. The fourth-order valence-corrected chi connectivity index (χ4v) is 4.23. The van der Waals surface area contributed by atoms with Gasteiger partial charge in [0, 0.05) is 6.54 Å². The minimum Gasteiger partial charge on any atom is -0.494 e. The summed E-state index contributed by atoms with van der Waals surface area (Å²) in [7, 11) is 0. The molecule has 1 aromatic carbocycles. The second kappa shape index (κ2) is 9.23. The molecule has 1 heterocycles. The number of nitrogens with one attached hydrogen (secondary N) is 1. The van der Waals surface area contributed by atoms with Gasteiger partial charge in [0.15, 0.2) is 0 Å². The van der Waals surface area contributed by atoms with E-state index in [0.717, 1.165) is 37.8 Å². The molecule has 0 radical (unpaired) electrons. The molecule has 1 fully saturated rings. The van der Waals surface area contributed by atoms with Gasteiger partial charge >= 0.3 is 0 Å². The Morgan fingerprint density at radius 2 is 1.96 bits per heavy atom. The van der Waals surface area contributed by atoms with Crippen molar-refractivity contribution in [3.8, 4) is 5.75 Å². The van der Waals surface area contributed by atoms with E-state index in [0.29, 0.717) is 5.41 Å². The first-order valence-corrected chi connectivity index (χ1v) is 10.7. The SMILES string of the molecule is CC(C)(C)CNCCCOc1ccc2c(c1)CCC(CN1CCCC1)C2. The van der Waals surface area contributed by atoms with E-state index in [1.165, 1.54) is 57.3 Å². The number of hydrogen-bond donors (Lipinski definition) is 1. The van der Waals surface area contributed by atoms with Gasteiger partial charge in [0.1, 0.15) is 5.75 Å². The van der Waals surface area contributed by atoms with Crippen molar-refractivity contribution >= 4 is 0 Å². The van der Waals surface area contributed by atoms with Crippen molar-refractivity contribution in [2.24, 2.45) is 11.3 Å². The molecule has 0 amide bonds. The van der Waals surface area contributed by atoms with Crippen LogP contribution in [-0.2, 0) is 12.8 Å². The Labute approximate surface area is 160 Å². The third-order valence-electron chi connectivity index (χ3n) is 5.65. The van der Waals surface area contributed by atoms with Crippen molar-refractivity contribution in [1.82, 2.24) is 10.2 Å². The van der Waals surface area contributed by atoms with Gasteiger partial charge in [-0.15, -0.1) is 0 Å². The minimum atomic E-state index is 0.353. The van der Waals surface area contributed by atoms with Crippen molar-refractivity contribution in [2.45, 2.75) is 59.3 Å². The van der Waals surface area contributed by atoms with Crippen LogP contribution in [0, 0.1) is 11.3 Å². The van der Waals surface area contributed by atoms with Gasteiger partial charge in [0.2, 0.25) is 0 Å². The lowest BCUT2D eigenvalue weighted by Crippen LogP contribution is -2.30. The summed E-state index contributed by atoms with van der Waals surface area (Å²) in [4.78, 5) is 2.67. The molecule has 0 spiro atoms. The Kier molecular flexibility index (Phi) is 6.99. The highest BCUT2D eigenvalue weighted by atomic mass is 16.5. The molecule has 0 saturated carbocycles. The summed E-state index contributed by atoms with van der Waals surface area (Å²) in [5.74, 6) is 1.90. The lowest BCUT2D eigenvalue weighted by atomic mass is 9.83.